The van der Waals surface area contributed by atoms with E-state index in [2.05, 4.69) is 24.4 Å². The van der Waals surface area contributed by atoms with Gasteiger partial charge < -0.3 is 18.9 Å². The van der Waals surface area contributed by atoms with Crippen LogP contribution in [-0.2, 0) is 30.2 Å². The first-order valence-corrected chi connectivity index (χ1v) is 10.4. The molecule has 4 rings (SSSR count). The van der Waals surface area contributed by atoms with Gasteiger partial charge in [0.25, 0.3) is 0 Å². The van der Waals surface area contributed by atoms with Crippen LogP contribution in [0.15, 0.2) is 30.3 Å². The van der Waals surface area contributed by atoms with Gasteiger partial charge in [0.05, 0.1) is 18.6 Å². The molecule has 8 heteroatoms. The number of epoxide rings is 2. The summed E-state index contributed by atoms with van der Waals surface area (Å²) < 4.78 is 23.4. The molecule has 1 aromatic rings. The molecule has 29 heavy (non-hydrogen) atoms. The Bertz CT molecular complexity index is 770. The Labute approximate surface area is 175 Å². The van der Waals surface area contributed by atoms with Crippen molar-refractivity contribution in [2.24, 2.45) is 5.92 Å². The summed E-state index contributed by atoms with van der Waals surface area (Å²) in [6, 6.07) is 10.2. The molecule has 2 amide bonds. The molecular formula is C21H26ClNO6. The first kappa shape index (κ1) is 20.6. The first-order chi connectivity index (χ1) is 13.9. The van der Waals surface area contributed by atoms with E-state index in [1.807, 2.05) is 18.2 Å². The number of rotatable bonds is 6. The summed E-state index contributed by atoms with van der Waals surface area (Å²) in [7, 11) is 1.61. The number of carbonyl (C=O) groups excluding carboxylic acids is 2. The number of hydrogen-bond donors (Lipinski definition) is 1. The van der Waals surface area contributed by atoms with E-state index in [-0.39, 0.29) is 23.5 Å². The number of amides is 2. The van der Waals surface area contributed by atoms with Crippen molar-refractivity contribution in [1.29, 1.82) is 0 Å². The fraction of sp³-hybridized carbons (Fsp3) is 0.619. The molecule has 3 aliphatic rings. The maximum atomic E-state index is 12.1. The molecule has 158 valence electrons. The lowest BCUT2D eigenvalue weighted by atomic mass is 9.68. The molecule has 2 heterocycles. The number of imide groups is 1. The number of halogens is 1. The van der Waals surface area contributed by atoms with Crippen LogP contribution < -0.4 is 5.32 Å². The number of nitrogens with one attached hydrogen (secondary N) is 1. The normalized spacial score (nSPS) is 37.8. The molecule has 0 bridgehead atoms. The largest absolute Gasteiger partial charge is 0.443 e. The van der Waals surface area contributed by atoms with Gasteiger partial charge in [0.2, 0.25) is 5.91 Å². The molecule has 1 N–H and O–H groups in total. The van der Waals surface area contributed by atoms with Gasteiger partial charge in [0, 0.05) is 13.5 Å². The Morgan fingerprint density at radius 1 is 1.31 bits per heavy atom. The number of methoxy groups -OCH3 is 1. The highest BCUT2D eigenvalue weighted by Gasteiger charge is 2.72. The molecule has 6 atom stereocenters. The number of alkyl carbamates (subject to hydrolysis) is 1. The minimum absolute atomic E-state index is 0.0408. The zero-order valence-electron chi connectivity index (χ0n) is 16.6. The third-order valence-corrected chi connectivity index (χ3v) is 6.62. The van der Waals surface area contributed by atoms with Gasteiger partial charge in [-0.3, -0.25) is 10.1 Å². The predicted octanol–water partition coefficient (Wildman–Crippen LogP) is 2.44. The second-order valence-corrected chi connectivity index (χ2v) is 8.44. The van der Waals surface area contributed by atoms with Crippen LogP contribution >= 0.6 is 11.6 Å². The van der Waals surface area contributed by atoms with E-state index in [4.69, 9.17) is 30.5 Å². The summed E-state index contributed by atoms with van der Waals surface area (Å²) in [5.74, 6) is -0.982. The van der Waals surface area contributed by atoms with Crippen LogP contribution in [0.25, 0.3) is 0 Å². The van der Waals surface area contributed by atoms with Gasteiger partial charge in [-0.25, -0.2) is 4.79 Å². The fourth-order valence-electron chi connectivity index (χ4n) is 4.83. The minimum Gasteiger partial charge on any atom is -0.443 e. The van der Waals surface area contributed by atoms with Gasteiger partial charge in [-0.15, -0.1) is 11.6 Å². The molecule has 2 saturated heterocycles. The Hall–Kier alpha value is -1.67. The zero-order valence-corrected chi connectivity index (χ0v) is 17.3. The summed E-state index contributed by atoms with van der Waals surface area (Å²) in [6.07, 6.45) is 0.481. The van der Waals surface area contributed by atoms with Crippen molar-refractivity contribution in [3.05, 3.63) is 35.9 Å². The summed E-state index contributed by atoms with van der Waals surface area (Å²) in [4.78, 5) is 23.4. The fourth-order valence-corrected chi connectivity index (χ4v) is 4.90. The van der Waals surface area contributed by atoms with Crippen LogP contribution in [0.4, 0.5) is 4.79 Å². The summed E-state index contributed by atoms with van der Waals surface area (Å²) >= 11 is 5.44. The van der Waals surface area contributed by atoms with Gasteiger partial charge in [-0.1, -0.05) is 30.3 Å². The second-order valence-electron chi connectivity index (χ2n) is 8.18. The zero-order chi connectivity index (χ0) is 20.6. The van der Waals surface area contributed by atoms with Crippen LogP contribution in [0.1, 0.15) is 25.3 Å². The van der Waals surface area contributed by atoms with E-state index in [1.165, 1.54) is 5.56 Å². The third-order valence-electron chi connectivity index (χ3n) is 6.38. The molecule has 2 aliphatic heterocycles. The predicted molar refractivity (Wildman–Crippen MR) is 105 cm³/mol. The third kappa shape index (κ3) is 4.01. The number of benzene rings is 1. The van der Waals surface area contributed by atoms with Crippen molar-refractivity contribution >= 4 is 23.6 Å². The van der Waals surface area contributed by atoms with E-state index < -0.39 is 29.8 Å². The molecule has 0 aromatic heterocycles. The summed E-state index contributed by atoms with van der Waals surface area (Å²) in [5, 5.41) is 2.12. The lowest BCUT2D eigenvalue weighted by Crippen LogP contribution is -2.56. The minimum atomic E-state index is -0.809. The molecule has 7 nitrogen and oxygen atoms in total. The van der Waals surface area contributed by atoms with Crippen molar-refractivity contribution in [2.45, 2.75) is 55.7 Å². The molecular weight excluding hydrogens is 398 g/mol. The quantitative estimate of drug-likeness (QED) is 0.558. The number of alkyl halides is 1. The molecule has 0 radical (unpaired) electrons. The van der Waals surface area contributed by atoms with Crippen molar-refractivity contribution in [3.63, 3.8) is 0 Å². The van der Waals surface area contributed by atoms with Gasteiger partial charge in [0.15, 0.2) is 0 Å². The highest BCUT2D eigenvalue weighted by atomic mass is 35.5. The van der Waals surface area contributed by atoms with Crippen molar-refractivity contribution in [2.75, 3.05) is 19.6 Å². The average Bonchev–Trinajstić information content (AvgIpc) is 3.62. The Morgan fingerprint density at radius 2 is 2.03 bits per heavy atom. The lowest BCUT2D eigenvalue weighted by molar-refractivity contribution is -0.124. The Balaban J connectivity index is 1.48. The van der Waals surface area contributed by atoms with Gasteiger partial charge in [-0.2, -0.15) is 0 Å². The Kier molecular flexibility index (Phi) is 5.59. The van der Waals surface area contributed by atoms with Crippen LogP contribution in [0.5, 0.6) is 0 Å². The van der Waals surface area contributed by atoms with E-state index in [0.717, 1.165) is 12.8 Å². The molecule has 1 spiro atoms. The molecule has 1 unspecified atom stereocenters. The monoisotopic (exact) mass is 423 g/mol. The summed E-state index contributed by atoms with van der Waals surface area (Å²) in [6.45, 7) is 2.73. The van der Waals surface area contributed by atoms with Crippen LogP contribution in [0, 0.1) is 5.92 Å². The van der Waals surface area contributed by atoms with E-state index in [9.17, 15) is 9.59 Å². The highest BCUT2D eigenvalue weighted by Crippen LogP contribution is 2.59. The van der Waals surface area contributed by atoms with E-state index >= 15 is 0 Å². The van der Waals surface area contributed by atoms with E-state index in [0.29, 0.717) is 13.0 Å². The Morgan fingerprint density at radius 3 is 2.66 bits per heavy atom. The second kappa shape index (κ2) is 7.87. The van der Waals surface area contributed by atoms with Gasteiger partial charge >= 0.3 is 6.09 Å². The van der Waals surface area contributed by atoms with Crippen LogP contribution in [0.3, 0.4) is 0 Å². The maximum absolute atomic E-state index is 12.1. The van der Waals surface area contributed by atoms with Crippen LogP contribution in [-0.4, -0.2) is 61.1 Å². The number of carbonyl (C=O) groups is 2. The molecule has 3 fully saturated rings. The van der Waals surface area contributed by atoms with Gasteiger partial charge in [0.1, 0.15) is 29.3 Å². The van der Waals surface area contributed by atoms with Crippen molar-refractivity contribution in [1.82, 2.24) is 5.32 Å². The van der Waals surface area contributed by atoms with Crippen molar-refractivity contribution in [3.8, 4) is 0 Å². The average molecular weight is 424 g/mol. The maximum Gasteiger partial charge on any atom is 0.414 e. The SMILES string of the molecule is CO[C@H]1C([C@@]2(C)O[C@@H]2Cc2ccccc2)[C@]2(CC[C@H]1OC(=O)NC(=O)CCl)CO2. The molecule has 1 aliphatic carbocycles. The van der Waals surface area contributed by atoms with Crippen molar-refractivity contribution < 1.29 is 28.5 Å². The molecule has 1 saturated carbocycles. The number of hydrogen-bond acceptors (Lipinski definition) is 6. The van der Waals surface area contributed by atoms with E-state index in [1.54, 1.807) is 7.11 Å². The summed E-state index contributed by atoms with van der Waals surface area (Å²) in [5.41, 5.74) is 0.476. The highest BCUT2D eigenvalue weighted by molar-refractivity contribution is 6.28. The molecule has 1 aromatic carbocycles. The topological polar surface area (TPSA) is 89.7 Å². The first-order valence-electron chi connectivity index (χ1n) is 9.87. The van der Waals surface area contributed by atoms with Gasteiger partial charge in [-0.05, 0) is 25.3 Å². The lowest BCUT2D eigenvalue weighted by Gasteiger charge is -2.42. The van der Waals surface area contributed by atoms with Crippen LogP contribution in [0.2, 0.25) is 0 Å². The smallest absolute Gasteiger partial charge is 0.414 e. The number of ether oxygens (including phenoxy) is 4. The standard InChI is InChI=1S/C21H26ClNO6/c1-20(15(29-20)10-13-6-4-3-5-7-13)18-17(26-2)14(8-9-21(18)12-27-21)28-19(25)23-16(24)11-22/h3-7,14-15,17-18H,8-12H2,1-2H3,(H,23,24,25)/t14-,15-,17-,18?,20+,21+/m1/s1.